The second kappa shape index (κ2) is 10.9. The first-order valence-electron chi connectivity index (χ1n) is 10.5. The standard InChI is InChI=1S/C25H32BrNO5/c1-15-10-16(2)24(22(11-15)32-17(3)28)25(4,5)14-23(29)27-9-8-18-12-21(31-7)19(26)13-20(18)30-6/h10-13H,8-9,14H2,1-7H3,(H,27,29). The lowest BCUT2D eigenvalue weighted by atomic mass is 9.78. The third-order valence-corrected chi connectivity index (χ3v) is 5.87. The Hall–Kier alpha value is -2.54. The van der Waals surface area contributed by atoms with E-state index in [0.29, 0.717) is 24.5 Å². The van der Waals surface area contributed by atoms with Gasteiger partial charge in [-0.1, -0.05) is 19.9 Å². The minimum atomic E-state index is -0.523. The van der Waals surface area contributed by atoms with Crippen molar-refractivity contribution in [3.8, 4) is 17.2 Å². The predicted octanol–water partition coefficient (Wildman–Crippen LogP) is 5.04. The minimum absolute atomic E-state index is 0.0770. The Morgan fingerprint density at radius 1 is 1.00 bits per heavy atom. The van der Waals surface area contributed by atoms with Crippen LogP contribution in [0.1, 0.15) is 49.4 Å². The molecule has 174 valence electrons. The second-order valence-electron chi connectivity index (χ2n) is 8.51. The van der Waals surface area contributed by atoms with Crippen molar-refractivity contribution < 1.29 is 23.8 Å². The van der Waals surface area contributed by atoms with Gasteiger partial charge in [-0.15, -0.1) is 0 Å². The first-order valence-corrected chi connectivity index (χ1v) is 11.2. The molecule has 0 bridgehead atoms. The van der Waals surface area contributed by atoms with Crippen molar-refractivity contribution in [2.75, 3.05) is 20.8 Å². The number of benzene rings is 2. The van der Waals surface area contributed by atoms with Crippen LogP contribution in [-0.2, 0) is 21.4 Å². The summed E-state index contributed by atoms with van der Waals surface area (Å²) in [6, 6.07) is 7.64. The van der Waals surface area contributed by atoms with Crippen LogP contribution < -0.4 is 19.5 Å². The molecule has 0 aliphatic rings. The van der Waals surface area contributed by atoms with Gasteiger partial charge in [-0.25, -0.2) is 0 Å². The smallest absolute Gasteiger partial charge is 0.308 e. The normalized spacial score (nSPS) is 11.1. The molecule has 0 heterocycles. The van der Waals surface area contributed by atoms with Crippen molar-refractivity contribution >= 4 is 27.8 Å². The second-order valence-corrected chi connectivity index (χ2v) is 9.36. The highest BCUT2D eigenvalue weighted by atomic mass is 79.9. The number of amides is 1. The van der Waals surface area contributed by atoms with Crippen molar-refractivity contribution in [2.45, 2.75) is 52.9 Å². The SMILES string of the molecule is COc1cc(CCNC(=O)CC(C)(C)c2c(C)cc(C)cc2OC(C)=O)c(OC)cc1Br. The van der Waals surface area contributed by atoms with Gasteiger partial charge in [0.2, 0.25) is 5.91 Å². The summed E-state index contributed by atoms with van der Waals surface area (Å²) in [7, 11) is 3.22. The Bertz CT molecular complexity index is 1000. The molecule has 1 amide bonds. The maximum Gasteiger partial charge on any atom is 0.308 e. The van der Waals surface area contributed by atoms with Crippen LogP contribution >= 0.6 is 15.9 Å². The number of aryl methyl sites for hydroxylation is 2. The highest BCUT2D eigenvalue weighted by Crippen LogP contribution is 2.38. The monoisotopic (exact) mass is 505 g/mol. The van der Waals surface area contributed by atoms with Gasteiger partial charge >= 0.3 is 5.97 Å². The molecule has 2 rings (SSSR count). The van der Waals surface area contributed by atoms with Crippen LogP contribution in [0.4, 0.5) is 0 Å². The molecule has 32 heavy (non-hydrogen) atoms. The lowest BCUT2D eigenvalue weighted by molar-refractivity contribution is -0.131. The maximum absolute atomic E-state index is 12.8. The van der Waals surface area contributed by atoms with E-state index >= 15 is 0 Å². The molecule has 0 aromatic heterocycles. The summed E-state index contributed by atoms with van der Waals surface area (Å²) >= 11 is 3.45. The van der Waals surface area contributed by atoms with Gasteiger partial charge in [0.1, 0.15) is 17.2 Å². The van der Waals surface area contributed by atoms with E-state index in [9.17, 15) is 9.59 Å². The molecule has 6 nitrogen and oxygen atoms in total. The van der Waals surface area contributed by atoms with E-state index < -0.39 is 5.41 Å². The van der Waals surface area contributed by atoms with Crippen molar-refractivity contribution in [3.05, 3.63) is 51.0 Å². The van der Waals surface area contributed by atoms with Gasteiger partial charge in [0, 0.05) is 30.9 Å². The van der Waals surface area contributed by atoms with E-state index in [4.69, 9.17) is 14.2 Å². The number of methoxy groups -OCH3 is 2. The van der Waals surface area contributed by atoms with E-state index in [1.807, 2.05) is 52.0 Å². The quantitative estimate of drug-likeness (QED) is 0.381. The highest BCUT2D eigenvalue weighted by Gasteiger charge is 2.30. The third kappa shape index (κ3) is 6.48. The minimum Gasteiger partial charge on any atom is -0.496 e. The van der Waals surface area contributed by atoms with E-state index in [0.717, 1.165) is 32.5 Å². The Morgan fingerprint density at radius 2 is 1.66 bits per heavy atom. The largest absolute Gasteiger partial charge is 0.496 e. The van der Waals surface area contributed by atoms with Crippen LogP contribution in [0.15, 0.2) is 28.7 Å². The average Bonchev–Trinajstić information content (AvgIpc) is 2.66. The van der Waals surface area contributed by atoms with Gasteiger partial charge in [0.15, 0.2) is 0 Å². The molecule has 0 saturated carbocycles. The third-order valence-electron chi connectivity index (χ3n) is 5.25. The summed E-state index contributed by atoms with van der Waals surface area (Å²) in [6.07, 6.45) is 0.854. The van der Waals surface area contributed by atoms with Gasteiger partial charge in [0.05, 0.1) is 18.7 Å². The molecule has 0 saturated heterocycles. The van der Waals surface area contributed by atoms with Crippen molar-refractivity contribution in [1.82, 2.24) is 5.32 Å². The Labute approximate surface area is 198 Å². The fourth-order valence-electron chi connectivity index (χ4n) is 4.04. The molecule has 0 aliphatic heterocycles. The van der Waals surface area contributed by atoms with E-state index in [1.54, 1.807) is 14.2 Å². The van der Waals surface area contributed by atoms with E-state index in [1.165, 1.54) is 6.92 Å². The fraction of sp³-hybridized carbons (Fsp3) is 0.440. The summed E-state index contributed by atoms with van der Waals surface area (Å²) in [6.45, 7) is 9.74. The molecule has 0 unspecified atom stereocenters. The molecule has 0 radical (unpaired) electrons. The summed E-state index contributed by atoms with van der Waals surface area (Å²) in [5.41, 5.74) is 3.28. The molecular formula is C25H32BrNO5. The number of esters is 1. The first kappa shape index (κ1) is 25.7. The zero-order valence-corrected chi connectivity index (χ0v) is 21.4. The zero-order valence-electron chi connectivity index (χ0n) is 19.8. The number of ether oxygens (including phenoxy) is 3. The summed E-state index contributed by atoms with van der Waals surface area (Å²) in [5.74, 6) is 1.50. The number of rotatable bonds is 9. The Kier molecular flexibility index (Phi) is 8.73. The number of carbonyl (C=O) groups excluding carboxylic acids is 2. The van der Waals surface area contributed by atoms with Crippen LogP contribution in [0.5, 0.6) is 17.2 Å². The van der Waals surface area contributed by atoms with E-state index in [2.05, 4.69) is 21.2 Å². The molecule has 0 aliphatic carbocycles. The Balaban J connectivity index is 2.11. The average molecular weight is 506 g/mol. The first-order chi connectivity index (χ1) is 15.0. The molecule has 0 fully saturated rings. The number of hydrogen-bond donors (Lipinski definition) is 1. The lowest BCUT2D eigenvalue weighted by Gasteiger charge is -2.29. The predicted molar refractivity (Wildman–Crippen MR) is 129 cm³/mol. The highest BCUT2D eigenvalue weighted by molar-refractivity contribution is 9.10. The number of halogens is 1. The van der Waals surface area contributed by atoms with Crippen LogP contribution in [0, 0.1) is 13.8 Å². The van der Waals surface area contributed by atoms with Gasteiger partial charge in [-0.3, -0.25) is 9.59 Å². The lowest BCUT2D eigenvalue weighted by Crippen LogP contribution is -2.33. The molecular weight excluding hydrogens is 474 g/mol. The fourth-order valence-corrected chi connectivity index (χ4v) is 4.52. The van der Waals surface area contributed by atoms with Crippen LogP contribution in [0.25, 0.3) is 0 Å². The van der Waals surface area contributed by atoms with Gasteiger partial charge in [-0.05, 0) is 71.1 Å². The summed E-state index contributed by atoms with van der Waals surface area (Å²) < 4.78 is 17.1. The Morgan fingerprint density at radius 3 is 2.25 bits per heavy atom. The topological polar surface area (TPSA) is 73.9 Å². The number of carbonyl (C=O) groups is 2. The molecule has 7 heteroatoms. The molecule has 2 aromatic carbocycles. The van der Waals surface area contributed by atoms with Crippen molar-refractivity contribution in [1.29, 1.82) is 0 Å². The van der Waals surface area contributed by atoms with Gasteiger partial charge in [0.25, 0.3) is 0 Å². The molecule has 0 atom stereocenters. The summed E-state index contributed by atoms with van der Waals surface area (Å²) in [5, 5.41) is 3.00. The number of hydrogen-bond acceptors (Lipinski definition) is 5. The molecule has 0 spiro atoms. The molecule has 2 aromatic rings. The van der Waals surface area contributed by atoms with Crippen molar-refractivity contribution in [2.24, 2.45) is 0 Å². The van der Waals surface area contributed by atoms with Crippen LogP contribution in [-0.4, -0.2) is 32.6 Å². The van der Waals surface area contributed by atoms with Crippen molar-refractivity contribution in [3.63, 3.8) is 0 Å². The van der Waals surface area contributed by atoms with Crippen LogP contribution in [0.2, 0.25) is 0 Å². The maximum atomic E-state index is 12.8. The van der Waals surface area contributed by atoms with Gasteiger partial charge < -0.3 is 19.5 Å². The number of nitrogens with one attached hydrogen (secondary N) is 1. The van der Waals surface area contributed by atoms with Gasteiger partial charge in [-0.2, -0.15) is 0 Å². The summed E-state index contributed by atoms with van der Waals surface area (Å²) in [4.78, 5) is 24.4. The van der Waals surface area contributed by atoms with Crippen LogP contribution in [0.3, 0.4) is 0 Å². The van der Waals surface area contributed by atoms with E-state index in [-0.39, 0.29) is 18.3 Å². The molecule has 1 N–H and O–H groups in total. The zero-order chi connectivity index (χ0) is 24.1.